The highest BCUT2D eigenvalue weighted by atomic mass is 32.1. The summed E-state index contributed by atoms with van der Waals surface area (Å²) in [4.78, 5) is 2.76. The van der Waals surface area contributed by atoms with Crippen LogP contribution in [0.25, 0.3) is 0 Å². The molecule has 1 unspecified atom stereocenters. The number of rotatable bonds is 3. The summed E-state index contributed by atoms with van der Waals surface area (Å²) in [5.41, 5.74) is 3.99. The molecule has 2 heterocycles. The van der Waals surface area contributed by atoms with Gasteiger partial charge in [-0.25, -0.2) is 0 Å². The Morgan fingerprint density at radius 1 is 1.30 bits per heavy atom. The summed E-state index contributed by atoms with van der Waals surface area (Å²) in [6.45, 7) is 5.20. The maximum atomic E-state index is 5.96. The van der Waals surface area contributed by atoms with Gasteiger partial charge in [0, 0.05) is 15.3 Å². The lowest BCUT2D eigenvalue weighted by Gasteiger charge is -2.24. The van der Waals surface area contributed by atoms with Crippen LogP contribution in [0.2, 0.25) is 0 Å². The number of thiophene rings is 1. The second-order valence-corrected chi connectivity index (χ2v) is 6.69. The molecule has 1 N–H and O–H groups in total. The molecule has 1 atom stereocenters. The molecule has 2 nitrogen and oxygen atoms in total. The van der Waals surface area contributed by atoms with Crippen molar-refractivity contribution in [2.75, 3.05) is 13.7 Å². The van der Waals surface area contributed by atoms with Crippen molar-refractivity contribution in [3.05, 3.63) is 50.7 Å². The van der Waals surface area contributed by atoms with Crippen LogP contribution in [0, 0.1) is 13.8 Å². The van der Waals surface area contributed by atoms with Crippen molar-refractivity contribution in [2.24, 2.45) is 0 Å². The van der Waals surface area contributed by atoms with Gasteiger partial charge < -0.3 is 10.1 Å². The van der Waals surface area contributed by atoms with Crippen LogP contribution in [0.3, 0.4) is 0 Å². The maximum Gasteiger partial charge on any atom is 0.127 e. The number of hydrogen-bond acceptors (Lipinski definition) is 3. The van der Waals surface area contributed by atoms with Gasteiger partial charge in [-0.1, -0.05) is 18.2 Å². The first kappa shape index (κ1) is 13.7. The Morgan fingerprint density at radius 2 is 2.15 bits per heavy atom. The van der Waals surface area contributed by atoms with Gasteiger partial charge in [0.15, 0.2) is 0 Å². The van der Waals surface area contributed by atoms with E-state index in [0.29, 0.717) is 0 Å². The first-order chi connectivity index (χ1) is 9.70. The van der Waals surface area contributed by atoms with E-state index in [0.717, 1.165) is 25.2 Å². The van der Waals surface area contributed by atoms with Crippen LogP contribution in [0.4, 0.5) is 0 Å². The molecule has 1 aliphatic rings. The molecule has 3 rings (SSSR count). The van der Waals surface area contributed by atoms with E-state index >= 15 is 0 Å². The standard InChI is InChI=1S/C17H21NOS/c1-11-10-15(20-12(11)2)16(18-3)14-8-4-6-13-7-5-9-19-17(13)14/h4,6,8,10,16,18H,5,7,9H2,1-3H3. The Bertz CT molecular complexity index is 598. The van der Waals surface area contributed by atoms with E-state index in [1.165, 1.54) is 26.4 Å². The van der Waals surface area contributed by atoms with Crippen molar-refractivity contribution < 1.29 is 4.74 Å². The monoisotopic (exact) mass is 287 g/mol. The smallest absolute Gasteiger partial charge is 0.127 e. The van der Waals surface area contributed by atoms with E-state index in [2.05, 4.69) is 43.4 Å². The summed E-state index contributed by atoms with van der Waals surface area (Å²) in [5.74, 6) is 1.10. The third kappa shape index (κ3) is 2.36. The summed E-state index contributed by atoms with van der Waals surface area (Å²) in [6.07, 6.45) is 2.25. The van der Waals surface area contributed by atoms with Gasteiger partial charge in [0.2, 0.25) is 0 Å². The Hall–Kier alpha value is -1.32. The Balaban J connectivity index is 2.05. The van der Waals surface area contributed by atoms with Gasteiger partial charge in [0.1, 0.15) is 5.75 Å². The quantitative estimate of drug-likeness (QED) is 0.921. The van der Waals surface area contributed by atoms with Crippen molar-refractivity contribution in [1.82, 2.24) is 5.32 Å². The summed E-state index contributed by atoms with van der Waals surface area (Å²) >= 11 is 1.87. The molecule has 0 saturated heterocycles. The minimum Gasteiger partial charge on any atom is -0.493 e. The molecule has 0 radical (unpaired) electrons. The van der Waals surface area contributed by atoms with Crippen LogP contribution in [-0.2, 0) is 6.42 Å². The Morgan fingerprint density at radius 3 is 2.85 bits per heavy atom. The van der Waals surface area contributed by atoms with Crippen molar-refractivity contribution in [3.63, 3.8) is 0 Å². The summed E-state index contributed by atoms with van der Waals surface area (Å²) in [5, 5.41) is 3.46. The molecule has 106 valence electrons. The van der Waals surface area contributed by atoms with E-state index in [1.54, 1.807) is 0 Å². The van der Waals surface area contributed by atoms with Crippen LogP contribution < -0.4 is 10.1 Å². The average Bonchev–Trinajstić information content (AvgIpc) is 2.79. The van der Waals surface area contributed by atoms with Gasteiger partial charge in [-0.15, -0.1) is 11.3 Å². The highest BCUT2D eigenvalue weighted by molar-refractivity contribution is 7.12. The van der Waals surface area contributed by atoms with Crippen molar-refractivity contribution in [3.8, 4) is 5.75 Å². The number of hydrogen-bond donors (Lipinski definition) is 1. The first-order valence-electron chi connectivity index (χ1n) is 7.19. The molecule has 1 aromatic carbocycles. The van der Waals surface area contributed by atoms with Crippen molar-refractivity contribution >= 4 is 11.3 Å². The van der Waals surface area contributed by atoms with Crippen LogP contribution in [-0.4, -0.2) is 13.7 Å². The van der Waals surface area contributed by atoms with Gasteiger partial charge >= 0.3 is 0 Å². The van der Waals surface area contributed by atoms with Gasteiger partial charge in [-0.05, 0) is 50.9 Å². The third-order valence-corrected chi connectivity index (χ3v) is 5.25. The highest BCUT2D eigenvalue weighted by Gasteiger charge is 2.22. The van der Waals surface area contributed by atoms with Crippen molar-refractivity contribution in [1.29, 1.82) is 0 Å². The van der Waals surface area contributed by atoms with Crippen LogP contribution >= 0.6 is 11.3 Å². The number of nitrogens with one attached hydrogen (secondary N) is 1. The average molecular weight is 287 g/mol. The SMILES string of the molecule is CNC(c1cc(C)c(C)s1)c1cccc2c1OCCC2. The van der Waals surface area contributed by atoms with Gasteiger partial charge in [-0.2, -0.15) is 0 Å². The van der Waals surface area contributed by atoms with E-state index in [-0.39, 0.29) is 6.04 Å². The third-order valence-electron chi connectivity index (χ3n) is 4.03. The predicted molar refractivity (Wildman–Crippen MR) is 85.0 cm³/mol. The molecule has 2 aromatic rings. The number of ether oxygens (including phenoxy) is 1. The summed E-state index contributed by atoms with van der Waals surface area (Å²) in [7, 11) is 2.03. The molecule has 0 saturated carbocycles. The lowest BCUT2D eigenvalue weighted by molar-refractivity contribution is 0.283. The van der Waals surface area contributed by atoms with E-state index in [1.807, 2.05) is 18.4 Å². The van der Waals surface area contributed by atoms with E-state index in [9.17, 15) is 0 Å². The fourth-order valence-electron chi connectivity index (χ4n) is 2.84. The molecule has 0 fully saturated rings. The maximum absolute atomic E-state index is 5.96. The first-order valence-corrected chi connectivity index (χ1v) is 8.01. The predicted octanol–water partition coefficient (Wildman–Crippen LogP) is 4.00. The van der Waals surface area contributed by atoms with Crippen LogP contribution in [0.1, 0.15) is 38.9 Å². The molecule has 1 aromatic heterocycles. The van der Waals surface area contributed by atoms with Crippen molar-refractivity contribution in [2.45, 2.75) is 32.7 Å². The molecular formula is C17H21NOS. The van der Waals surface area contributed by atoms with E-state index < -0.39 is 0 Å². The number of aryl methyl sites for hydroxylation is 3. The van der Waals surface area contributed by atoms with Crippen LogP contribution in [0.5, 0.6) is 5.75 Å². The highest BCUT2D eigenvalue weighted by Crippen LogP contribution is 2.38. The zero-order valence-electron chi connectivity index (χ0n) is 12.3. The number of benzene rings is 1. The lowest BCUT2D eigenvalue weighted by Crippen LogP contribution is -2.20. The van der Waals surface area contributed by atoms with Gasteiger partial charge in [0.05, 0.1) is 12.6 Å². The molecule has 1 aliphatic heterocycles. The zero-order chi connectivity index (χ0) is 14.1. The second kappa shape index (κ2) is 5.58. The molecule has 20 heavy (non-hydrogen) atoms. The van der Waals surface area contributed by atoms with E-state index in [4.69, 9.17) is 4.74 Å². The summed E-state index contributed by atoms with van der Waals surface area (Å²) < 4.78 is 5.96. The minimum atomic E-state index is 0.223. The van der Waals surface area contributed by atoms with Gasteiger partial charge in [-0.3, -0.25) is 0 Å². The summed E-state index contributed by atoms with van der Waals surface area (Å²) in [6, 6.07) is 9.05. The molecule has 0 spiro atoms. The largest absolute Gasteiger partial charge is 0.493 e. The fraction of sp³-hybridized carbons (Fsp3) is 0.412. The Labute approximate surface area is 124 Å². The lowest BCUT2D eigenvalue weighted by atomic mass is 9.97. The number of fused-ring (bicyclic) bond motifs is 1. The molecule has 0 aliphatic carbocycles. The Kier molecular flexibility index (Phi) is 3.81. The zero-order valence-corrected chi connectivity index (χ0v) is 13.1. The topological polar surface area (TPSA) is 21.3 Å². The molecule has 3 heteroatoms. The van der Waals surface area contributed by atoms with Crippen LogP contribution in [0.15, 0.2) is 24.3 Å². The molecular weight excluding hydrogens is 266 g/mol. The van der Waals surface area contributed by atoms with Gasteiger partial charge in [0.25, 0.3) is 0 Å². The number of para-hydroxylation sites is 1. The fourth-order valence-corrected chi connectivity index (χ4v) is 4.01. The normalized spacial score (nSPS) is 15.6. The molecule has 0 bridgehead atoms. The minimum absolute atomic E-state index is 0.223. The molecule has 0 amide bonds. The second-order valence-electron chi connectivity index (χ2n) is 5.40.